The molecule has 1 aromatic carbocycles. The third kappa shape index (κ3) is 5.24. The topological polar surface area (TPSA) is 92.6 Å². The summed E-state index contributed by atoms with van der Waals surface area (Å²) in [6.45, 7) is 1.55. The van der Waals surface area contributed by atoms with Crippen molar-refractivity contribution in [3.8, 4) is 5.88 Å². The molecule has 11 heteroatoms. The predicted molar refractivity (Wildman–Crippen MR) is 120 cm³/mol. The number of para-hydroxylation sites is 1. The SMILES string of the molecule is O=C(O)C(F)(F)F.O=C(c1ccnc2ccccc12)N1CC2(CC(Oc3ccccn3)CS2)C1. The van der Waals surface area contributed by atoms with Gasteiger partial charge in [-0.3, -0.25) is 9.78 Å². The number of carboxylic acid groups (broad SMARTS) is 1. The van der Waals surface area contributed by atoms with Crippen molar-refractivity contribution in [1.29, 1.82) is 0 Å². The van der Waals surface area contributed by atoms with Crippen LogP contribution in [0.1, 0.15) is 16.8 Å². The highest BCUT2D eigenvalue weighted by Gasteiger charge is 2.51. The number of aromatic nitrogens is 2. The summed E-state index contributed by atoms with van der Waals surface area (Å²) in [6, 6.07) is 15.3. The van der Waals surface area contributed by atoms with Gasteiger partial charge in [-0.05, 0) is 18.2 Å². The Kier molecular flexibility index (Phi) is 6.65. The number of benzene rings is 1. The van der Waals surface area contributed by atoms with E-state index in [9.17, 15) is 18.0 Å². The number of carboxylic acids is 1. The summed E-state index contributed by atoms with van der Waals surface area (Å²) in [5.74, 6) is -1.05. The van der Waals surface area contributed by atoms with Crippen LogP contribution in [0.25, 0.3) is 10.9 Å². The standard InChI is InChI=1S/C21H19N3O2S.C2HF3O2/c25-20(17-8-10-22-18-6-2-1-5-16(17)18)24-13-21(14-24)11-15(12-27-21)26-19-7-3-4-9-23-19;3-2(4,5)1(6)7/h1-10,15H,11-14H2;(H,6,7). The molecule has 0 bridgehead atoms. The molecular weight excluding hydrogens is 471 g/mol. The maximum absolute atomic E-state index is 13.0. The van der Waals surface area contributed by atoms with Crippen molar-refractivity contribution in [2.75, 3.05) is 18.8 Å². The molecular formula is C23H20F3N3O4S. The largest absolute Gasteiger partial charge is 0.490 e. The lowest BCUT2D eigenvalue weighted by atomic mass is 9.92. The smallest absolute Gasteiger partial charge is 0.475 e. The van der Waals surface area contributed by atoms with E-state index in [0.29, 0.717) is 5.88 Å². The van der Waals surface area contributed by atoms with Crippen molar-refractivity contribution in [3.05, 3.63) is 66.5 Å². The van der Waals surface area contributed by atoms with Crippen molar-refractivity contribution >= 4 is 34.5 Å². The van der Waals surface area contributed by atoms with Crippen LogP contribution in [0.5, 0.6) is 5.88 Å². The van der Waals surface area contributed by atoms with Gasteiger partial charge in [-0.15, -0.1) is 11.8 Å². The molecule has 1 N–H and O–H groups in total. The number of aliphatic carboxylic acids is 1. The number of hydrogen-bond acceptors (Lipinski definition) is 6. The Hall–Kier alpha value is -3.34. The average Bonchev–Trinajstić information content (AvgIpc) is 3.22. The Labute approximate surface area is 196 Å². The quantitative estimate of drug-likeness (QED) is 0.591. The molecule has 2 saturated heterocycles. The molecule has 2 aliphatic rings. The van der Waals surface area contributed by atoms with Gasteiger partial charge in [-0.1, -0.05) is 24.3 Å². The van der Waals surface area contributed by atoms with E-state index in [1.54, 1.807) is 12.4 Å². The Morgan fingerprint density at radius 2 is 1.76 bits per heavy atom. The summed E-state index contributed by atoms with van der Waals surface area (Å²) in [5, 5.41) is 8.04. The summed E-state index contributed by atoms with van der Waals surface area (Å²) >= 11 is 1.92. The number of alkyl halides is 3. The van der Waals surface area contributed by atoms with E-state index in [1.807, 2.05) is 65.2 Å². The van der Waals surface area contributed by atoms with E-state index in [0.717, 1.165) is 41.7 Å². The minimum Gasteiger partial charge on any atom is -0.475 e. The van der Waals surface area contributed by atoms with Crippen LogP contribution < -0.4 is 4.74 Å². The van der Waals surface area contributed by atoms with Gasteiger partial charge in [0.05, 0.1) is 15.8 Å². The number of likely N-dealkylation sites (tertiary alicyclic amines) is 1. The monoisotopic (exact) mass is 491 g/mol. The minimum atomic E-state index is -5.08. The van der Waals surface area contributed by atoms with Crippen molar-refractivity contribution < 1.29 is 32.6 Å². The van der Waals surface area contributed by atoms with Crippen LogP contribution in [-0.2, 0) is 4.79 Å². The first-order valence-corrected chi connectivity index (χ1v) is 11.3. The normalized spacial score (nSPS) is 18.7. The molecule has 7 nitrogen and oxygen atoms in total. The first-order valence-electron chi connectivity index (χ1n) is 10.3. The highest BCUT2D eigenvalue weighted by Crippen LogP contribution is 2.46. The molecule has 0 radical (unpaired) electrons. The Morgan fingerprint density at radius 3 is 2.44 bits per heavy atom. The summed E-state index contributed by atoms with van der Waals surface area (Å²) in [5.41, 5.74) is 1.59. The van der Waals surface area contributed by atoms with Crippen LogP contribution >= 0.6 is 11.8 Å². The van der Waals surface area contributed by atoms with Crippen LogP contribution in [0.15, 0.2) is 60.9 Å². The Balaban J connectivity index is 0.000000344. The number of thioether (sulfide) groups is 1. The van der Waals surface area contributed by atoms with Crippen LogP contribution in [-0.4, -0.2) is 67.7 Å². The first kappa shape index (κ1) is 23.8. The highest BCUT2D eigenvalue weighted by molar-refractivity contribution is 8.01. The Morgan fingerprint density at radius 1 is 1.06 bits per heavy atom. The lowest BCUT2D eigenvalue weighted by molar-refractivity contribution is -0.192. The molecule has 0 aliphatic carbocycles. The molecule has 34 heavy (non-hydrogen) atoms. The summed E-state index contributed by atoms with van der Waals surface area (Å²) in [7, 11) is 0. The van der Waals surface area contributed by atoms with Crippen LogP contribution in [0.2, 0.25) is 0 Å². The van der Waals surface area contributed by atoms with Crippen LogP contribution in [0, 0.1) is 0 Å². The summed E-state index contributed by atoms with van der Waals surface area (Å²) in [6.07, 6.45) is -0.513. The number of hydrogen-bond donors (Lipinski definition) is 1. The van der Waals surface area contributed by atoms with Gasteiger partial charge in [0.2, 0.25) is 5.88 Å². The second kappa shape index (κ2) is 9.49. The lowest BCUT2D eigenvalue weighted by Gasteiger charge is -2.47. The number of carbonyl (C=O) groups excluding carboxylic acids is 1. The number of pyridine rings is 2. The van der Waals surface area contributed by atoms with Gasteiger partial charge in [-0.25, -0.2) is 9.78 Å². The van der Waals surface area contributed by atoms with Gasteiger partial charge in [0, 0.05) is 49.1 Å². The number of nitrogens with zero attached hydrogens (tertiary/aromatic N) is 3. The molecule has 1 spiro atoms. The fraction of sp³-hybridized carbons (Fsp3) is 0.304. The molecule has 5 rings (SSSR count). The zero-order valence-electron chi connectivity index (χ0n) is 17.7. The van der Waals surface area contributed by atoms with Gasteiger partial charge < -0.3 is 14.7 Å². The van der Waals surface area contributed by atoms with E-state index in [1.165, 1.54) is 0 Å². The molecule has 3 aromatic rings. The number of carbonyl (C=O) groups is 2. The number of ether oxygens (including phenoxy) is 1. The van der Waals surface area contributed by atoms with Gasteiger partial charge >= 0.3 is 12.1 Å². The van der Waals surface area contributed by atoms with Gasteiger partial charge in [0.1, 0.15) is 6.10 Å². The third-order valence-corrected chi connectivity index (χ3v) is 7.04. The highest BCUT2D eigenvalue weighted by atomic mass is 32.2. The molecule has 1 unspecified atom stereocenters. The fourth-order valence-electron chi connectivity index (χ4n) is 3.93. The maximum atomic E-state index is 13.0. The molecule has 2 fully saturated rings. The van der Waals surface area contributed by atoms with Gasteiger partial charge in [-0.2, -0.15) is 13.2 Å². The number of rotatable bonds is 3. The van der Waals surface area contributed by atoms with Crippen molar-refractivity contribution in [1.82, 2.24) is 14.9 Å². The molecule has 178 valence electrons. The van der Waals surface area contributed by atoms with E-state index in [4.69, 9.17) is 14.6 Å². The van der Waals surface area contributed by atoms with Crippen LogP contribution in [0.3, 0.4) is 0 Å². The molecule has 1 atom stereocenters. The number of fused-ring (bicyclic) bond motifs is 1. The summed E-state index contributed by atoms with van der Waals surface area (Å²) in [4.78, 5) is 32.4. The number of halogens is 3. The Bertz CT molecular complexity index is 1180. The van der Waals surface area contributed by atoms with Crippen molar-refractivity contribution in [2.45, 2.75) is 23.4 Å². The minimum absolute atomic E-state index is 0.0916. The van der Waals surface area contributed by atoms with E-state index >= 15 is 0 Å². The molecule has 0 saturated carbocycles. The molecule has 2 aromatic heterocycles. The number of amides is 1. The average molecular weight is 491 g/mol. The van der Waals surface area contributed by atoms with E-state index in [-0.39, 0.29) is 16.8 Å². The lowest BCUT2D eigenvalue weighted by Crippen LogP contribution is -2.60. The fourth-order valence-corrected chi connectivity index (χ4v) is 5.46. The zero-order chi connectivity index (χ0) is 24.3. The van der Waals surface area contributed by atoms with E-state index in [2.05, 4.69) is 9.97 Å². The molecule has 4 heterocycles. The summed E-state index contributed by atoms with van der Waals surface area (Å²) < 4.78 is 37.9. The van der Waals surface area contributed by atoms with Gasteiger partial charge in [0.25, 0.3) is 5.91 Å². The van der Waals surface area contributed by atoms with E-state index < -0.39 is 12.1 Å². The van der Waals surface area contributed by atoms with Crippen molar-refractivity contribution in [3.63, 3.8) is 0 Å². The second-order valence-electron chi connectivity index (χ2n) is 7.95. The maximum Gasteiger partial charge on any atom is 0.490 e. The van der Waals surface area contributed by atoms with Crippen molar-refractivity contribution in [2.24, 2.45) is 0 Å². The first-order chi connectivity index (χ1) is 16.2. The zero-order valence-corrected chi connectivity index (χ0v) is 18.6. The molecule has 1 amide bonds. The third-order valence-electron chi connectivity index (χ3n) is 5.47. The second-order valence-corrected chi connectivity index (χ2v) is 9.43. The predicted octanol–water partition coefficient (Wildman–Crippen LogP) is 4.04. The molecule has 2 aliphatic heterocycles. The van der Waals surface area contributed by atoms with Crippen LogP contribution in [0.4, 0.5) is 13.2 Å². The van der Waals surface area contributed by atoms with Gasteiger partial charge in [0.15, 0.2) is 0 Å².